The van der Waals surface area contributed by atoms with Crippen LogP contribution in [-0.2, 0) is 19.6 Å². The van der Waals surface area contributed by atoms with Crippen LogP contribution in [0.1, 0.15) is 15.6 Å². The first-order valence-corrected chi connectivity index (χ1v) is 6.88. The maximum Gasteiger partial charge on any atom is 0.106 e. The molecule has 2 N–H and O–H groups in total. The van der Waals surface area contributed by atoms with Crippen molar-refractivity contribution in [2.45, 2.75) is 19.6 Å². The normalized spacial score (nSPS) is 11.2. The number of hydrogen-bond acceptors (Lipinski definition) is 5. The molecule has 0 fully saturated rings. The number of aromatic nitrogens is 1. The van der Waals surface area contributed by atoms with E-state index in [2.05, 4.69) is 39.8 Å². The quantitative estimate of drug-likeness (QED) is 0.889. The van der Waals surface area contributed by atoms with Crippen molar-refractivity contribution in [3.8, 4) is 0 Å². The van der Waals surface area contributed by atoms with Crippen molar-refractivity contribution in [2.24, 2.45) is 5.73 Å². The molecule has 3 nitrogen and oxygen atoms in total. The van der Waals surface area contributed by atoms with Gasteiger partial charge in [0.25, 0.3) is 0 Å². The number of thiophene rings is 1. The Kier molecular flexibility index (Phi) is 4.06. The molecule has 0 saturated heterocycles. The van der Waals surface area contributed by atoms with Gasteiger partial charge in [0.15, 0.2) is 0 Å². The first kappa shape index (κ1) is 11.7. The maximum absolute atomic E-state index is 5.54. The van der Waals surface area contributed by atoms with Gasteiger partial charge in [-0.05, 0) is 18.5 Å². The summed E-state index contributed by atoms with van der Waals surface area (Å²) in [6.45, 7) is 2.40. The van der Waals surface area contributed by atoms with Crippen LogP contribution >= 0.6 is 22.7 Å². The van der Waals surface area contributed by atoms with Crippen molar-refractivity contribution in [2.75, 3.05) is 7.05 Å². The van der Waals surface area contributed by atoms with Gasteiger partial charge in [0, 0.05) is 29.9 Å². The van der Waals surface area contributed by atoms with Gasteiger partial charge in [-0.1, -0.05) is 6.07 Å². The second-order valence-corrected chi connectivity index (χ2v) is 5.66. The van der Waals surface area contributed by atoms with Crippen LogP contribution in [0, 0.1) is 0 Å². The molecule has 0 aliphatic rings. The molecule has 0 atom stereocenters. The number of thiazole rings is 1. The molecule has 86 valence electrons. The van der Waals surface area contributed by atoms with Crippen LogP contribution in [-0.4, -0.2) is 16.9 Å². The van der Waals surface area contributed by atoms with Crippen molar-refractivity contribution < 1.29 is 0 Å². The molecule has 0 aliphatic heterocycles. The average molecular weight is 253 g/mol. The molecule has 0 saturated carbocycles. The van der Waals surface area contributed by atoms with E-state index in [1.54, 1.807) is 22.7 Å². The van der Waals surface area contributed by atoms with Gasteiger partial charge in [-0.3, -0.25) is 4.90 Å². The van der Waals surface area contributed by atoms with E-state index in [9.17, 15) is 0 Å². The van der Waals surface area contributed by atoms with Crippen LogP contribution in [0.2, 0.25) is 0 Å². The summed E-state index contributed by atoms with van der Waals surface area (Å²) in [7, 11) is 2.11. The van der Waals surface area contributed by atoms with Crippen LogP contribution < -0.4 is 5.73 Å². The Bertz CT molecular complexity index is 422. The molecule has 0 radical (unpaired) electrons. The van der Waals surface area contributed by atoms with E-state index >= 15 is 0 Å². The topological polar surface area (TPSA) is 42.1 Å². The monoisotopic (exact) mass is 253 g/mol. The lowest BCUT2D eigenvalue weighted by Gasteiger charge is -2.13. The molecule has 2 rings (SSSR count). The predicted molar refractivity (Wildman–Crippen MR) is 69.5 cm³/mol. The largest absolute Gasteiger partial charge is 0.325 e. The van der Waals surface area contributed by atoms with Gasteiger partial charge in [-0.25, -0.2) is 4.98 Å². The zero-order chi connectivity index (χ0) is 11.4. The standard InChI is InChI=1S/C11H15N3S2/c1-14(7-10-3-2-4-15-10)6-9-8-16-11(5-12)13-9/h2-4,8H,5-7,12H2,1H3. The van der Waals surface area contributed by atoms with Gasteiger partial charge in [0.05, 0.1) is 5.69 Å². The van der Waals surface area contributed by atoms with Crippen molar-refractivity contribution >= 4 is 22.7 Å². The molecule has 2 aromatic heterocycles. The van der Waals surface area contributed by atoms with Gasteiger partial charge in [0.1, 0.15) is 5.01 Å². The van der Waals surface area contributed by atoms with Crippen LogP contribution in [0.5, 0.6) is 0 Å². The van der Waals surface area contributed by atoms with E-state index in [1.807, 2.05) is 0 Å². The third-order valence-corrected chi connectivity index (χ3v) is 3.99. The van der Waals surface area contributed by atoms with E-state index in [0.29, 0.717) is 6.54 Å². The Morgan fingerprint density at radius 3 is 2.88 bits per heavy atom. The van der Waals surface area contributed by atoms with Gasteiger partial charge < -0.3 is 5.73 Å². The van der Waals surface area contributed by atoms with Crippen molar-refractivity contribution in [1.29, 1.82) is 0 Å². The van der Waals surface area contributed by atoms with Crippen LogP contribution in [0.4, 0.5) is 0 Å². The Morgan fingerprint density at radius 1 is 1.38 bits per heavy atom. The highest BCUT2D eigenvalue weighted by atomic mass is 32.1. The SMILES string of the molecule is CN(Cc1csc(CN)n1)Cc1cccs1. The van der Waals surface area contributed by atoms with Crippen LogP contribution in [0.3, 0.4) is 0 Å². The Labute approximate surface area is 104 Å². The summed E-state index contributed by atoms with van der Waals surface area (Å²) in [4.78, 5) is 8.10. The van der Waals surface area contributed by atoms with Crippen molar-refractivity contribution in [3.05, 3.63) is 38.5 Å². The third kappa shape index (κ3) is 3.12. The Balaban J connectivity index is 1.89. The first-order valence-electron chi connectivity index (χ1n) is 5.12. The molecule has 5 heteroatoms. The van der Waals surface area contributed by atoms with Crippen molar-refractivity contribution in [3.63, 3.8) is 0 Å². The second-order valence-electron chi connectivity index (χ2n) is 3.69. The molecule has 0 bridgehead atoms. The fraction of sp³-hybridized carbons (Fsp3) is 0.364. The van der Waals surface area contributed by atoms with Gasteiger partial charge >= 0.3 is 0 Å². The molecule has 0 aliphatic carbocycles. The summed E-state index contributed by atoms with van der Waals surface area (Å²) in [5, 5.41) is 5.21. The van der Waals surface area contributed by atoms with E-state index in [-0.39, 0.29) is 0 Å². The summed E-state index contributed by atoms with van der Waals surface area (Å²) < 4.78 is 0. The number of rotatable bonds is 5. The number of nitrogens with two attached hydrogens (primary N) is 1. The summed E-state index contributed by atoms with van der Waals surface area (Å²) in [6, 6.07) is 4.25. The lowest BCUT2D eigenvalue weighted by molar-refractivity contribution is 0.318. The molecular formula is C11H15N3S2. The average Bonchev–Trinajstić information content (AvgIpc) is 2.89. The zero-order valence-electron chi connectivity index (χ0n) is 9.22. The minimum Gasteiger partial charge on any atom is -0.325 e. The summed E-state index contributed by atoms with van der Waals surface area (Å²) in [5.41, 5.74) is 6.65. The summed E-state index contributed by atoms with van der Waals surface area (Å²) >= 11 is 3.43. The molecule has 0 amide bonds. The van der Waals surface area contributed by atoms with E-state index in [0.717, 1.165) is 23.8 Å². The van der Waals surface area contributed by atoms with Crippen molar-refractivity contribution in [1.82, 2.24) is 9.88 Å². The fourth-order valence-electron chi connectivity index (χ4n) is 1.52. The summed E-state index contributed by atoms with van der Waals surface area (Å²) in [5.74, 6) is 0. The molecule has 2 heterocycles. The Hall–Kier alpha value is -0.750. The fourth-order valence-corrected chi connectivity index (χ4v) is 2.97. The van der Waals surface area contributed by atoms with Gasteiger partial charge in [0.2, 0.25) is 0 Å². The van der Waals surface area contributed by atoms with Crippen LogP contribution in [0.15, 0.2) is 22.9 Å². The van der Waals surface area contributed by atoms with E-state index in [4.69, 9.17) is 5.73 Å². The van der Waals surface area contributed by atoms with E-state index in [1.165, 1.54) is 4.88 Å². The highest BCUT2D eigenvalue weighted by Gasteiger charge is 2.05. The Morgan fingerprint density at radius 2 is 2.25 bits per heavy atom. The second kappa shape index (κ2) is 5.54. The minimum atomic E-state index is 0.541. The lowest BCUT2D eigenvalue weighted by Crippen LogP contribution is -2.16. The number of nitrogens with zero attached hydrogens (tertiary/aromatic N) is 2. The van der Waals surface area contributed by atoms with Gasteiger partial charge in [-0.2, -0.15) is 0 Å². The number of hydrogen-bond donors (Lipinski definition) is 1. The molecule has 2 aromatic rings. The first-order chi connectivity index (χ1) is 7.78. The van der Waals surface area contributed by atoms with Crippen LogP contribution in [0.25, 0.3) is 0 Å². The van der Waals surface area contributed by atoms with Gasteiger partial charge in [-0.15, -0.1) is 22.7 Å². The molecule has 0 spiro atoms. The lowest BCUT2D eigenvalue weighted by atomic mass is 10.4. The minimum absolute atomic E-state index is 0.541. The highest BCUT2D eigenvalue weighted by molar-refractivity contribution is 7.10. The molecular weight excluding hydrogens is 238 g/mol. The zero-order valence-corrected chi connectivity index (χ0v) is 10.9. The predicted octanol–water partition coefficient (Wildman–Crippen LogP) is 2.30. The molecule has 0 aromatic carbocycles. The highest BCUT2D eigenvalue weighted by Crippen LogP contribution is 2.14. The third-order valence-electron chi connectivity index (χ3n) is 2.21. The maximum atomic E-state index is 5.54. The summed E-state index contributed by atoms with van der Waals surface area (Å²) in [6.07, 6.45) is 0. The molecule has 16 heavy (non-hydrogen) atoms. The van der Waals surface area contributed by atoms with E-state index < -0.39 is 0 Å². The molecule has 0 unspecified atom stereocenters. The smallest absolute Gasteiger partial charge is 0.106 e.